The second-order valence-electron chi connectivity index (χ2n) is 9.18. The van der Waals surface area contributed by atoms with Crippen LogP contribution in [-0.4, -0.2) is 30.9 Å². The molecule has 1 atom stereocenters. The summed E-state index contributed by atoms with van der Waals surface area (Å²) in [6.07, 6.45) is 5.83. The summed E-state index contributed by atoms with van der Waals surface area (Å²) >= 11 is 0. The summed E-state index contributed by atoms with van der Waals surface area (Å²) in [6.45, 7) is 8.05. The number of halogens is 1. The van der Waals surface area contributed by atoms with Crippen LogP contribution < -0.4 is 5.32 Å². The first-order valence-electron chi connectivity index (χ1n) is 11.3. The van der Waals surface area contributed by atoms with Crippen molar-refractivity contribution in [2.75, 3.05) is 5.32 Å². The molecule has 0 aliphatic rings. The van der Waals surface area contributed by atoms with Gasteiger partial charge in [-0.25, -0.2) is 14.5 Å². The number of phosphoric acid groups is 1. The van der Waals surface area contributed by atoms with E-state index in [4.69, 9.17) is 9.05 Å². The molecule has 0 radical (unpaired) electrons. The predicted molar refractivity (Wildman–Crippen MR) is 139 cm³/mol. The Bertz CT molecular complexity index is 1530. The lowest BCUT2D eigenvalue weighted by atomic mass is 10.0. The number of nitrogens with one attached hydrogen (secondary N) is 1. The number of carbonyl (C=O) groups excluding carboxylic acids is 1. The fourth-order valence-corrected chi connectivity index (χ4v) is 4.72. The highest BCUT2D eigenvalue weighted by atomic mass is 31.2. The fourth-order valence-electron chi connectivity index (χ4n) is 3.70. The van der Waals surface area contributed by atoms with Gasteiger partial charge in [-0.3, -0.25) is 13.8 Å². The van der Waals surface area contributed by atoms with Gasteiger partial charge in [0.25, 0.3) is 0 Å². The van der Waals surface area contributed by atoms with Crippen LogP contribution in [0.4, 0.5) is 10.1 Å². The highest BCUT2D eigenvalue weighted by molar-refractivity contribution is 7.47. The van der Waals surface area contributed by atoms with Gasteiger partial charge in [0.2, 0.25) is 11.9 Å². The lowest BCUT2D eigenvalue weighted by molar-refractivity contribution is -0.111. The molecule has 0 aliphatic carbocycles. The first kappa shape index (κ1) is 26.4. The lowest BCUT2D eigenvalue weighted by Gasteiger charge is -2.22. The zero-order valence-electron chi connectivity index (χ0n) is 20.5. The molecule has 2 N–H and O–H groups in total. The van der Waals surface area contributed by atoms with Gasteiger partial charge in [0.15, 0.2) is 0 Å². The van der Waals surface area contributed by atoms with Gasteiger partial charge in [-0.05, 0) is 62.2 Å². The SMILES string of the molecule is C=CC(=O)Nc1cccc(-c2cnc3c(c2)c(-c2ccnc(F)c2)cn3COP(=O)(O)OC(C)(C)C)c1. The first-order valence-corrected chi connectivity index (χ1v) is 12.8. The molecule has 0 fully saturated rings. The van der Waals surface area contributed by atoms with Crippen molar-refractivity contribution in [3.63, 3.8) is 0 Å². The van der Waals surface area contributed by atoms with Crippen molar-refractivity contribution in [2.24, 2.45) is 0 Å². The second kappa shape index (κ2) is 10.4. The molecule has 0 spiro atoms. The maximum Gasteiger partial charge on any atom is 0.474 e. The van der Waals surface area contributed by atoms with E-state index >= 15 is 0 Å². The van der Waals surface area contributed by atoms with Crippen LogP contribution in [0.15, 0.2) is 73.7 Å². The molecule has 9 nitrogen and oxygen atoms in total. The van der Waals surface area contributed by atoms with Crippen molar-refractivity contribution >= 4 is 30.5 Å². The Balaban J connectivity index is 1.77. The van der Waals surface area contributed by atoms with Crippen molar-refractivity contribution in [2.45, 2.75) is 33.1 Å². The number of amides is 1. The Kier molecular flexibility index (Phi) is 7.38. The van der Waals surface area contributed by atoms with Crippen LogP contribution in [0.5, 0.6) is 0 Å². The van der Waals surface area contributed by atoms with E-state index in [1.165, 1.54) is 18.3 Å². The van der Waals surface area contributed by atoms with Crippen LogP contribution >= 0.6 is 7.82 Å². The molecule has 1 unspecified atom stereocenters. The molecular weight excluding hydrogens is 498 g/mol. The molecule has 0 saturated heterocycles. The Morgan fingerprint density at radius 1 is 1.19 bits per heavy atom. The molecule has 3 heterocycles. The highest BCUT2D eigenvalue weighted by Crippen LogP contribution is 2.47. The molecule has 192 valence electrons. The third-order valence-corrected chi connectivity index (χ3v) is 6.37. The molecule has 1 amide bonds. The number of nitrogens with zero attached hydrogens (tertiary/aromatic N) is 3. The highest BCUT2D eigenvalue weighted by Gasteiger charge is 2.29. The van der Waals surface area contributed by atoms with Gasteiger partial charge >= 0.3 is 7.82 Å². The average molecular weight is 524 g/mol. The minimum Gasteiger partial charge on any atom is -0.323 e. The predicted octanol–water partition coefficient (Wildman–Crippen LogP) is 5.92. The normalized spacial score (nSPS) is 13.3. The minimum absolute atomic E-state index is 0.330. The molecule has 0 bridgehead atoms. The van der Waals surface area contributed by atoms with Crippen LogP contribution in [0.3, 0.4) is 0 Å². The number of phosphoric ester groups is 1. The van der Waals surface area contributed by atoms with Crippen LogP contribution in [0.25, 0.3) is 33.3 Å². The van der Waals surface area contributed by atoms with Gasteiger partial charge in [0, 0.05) is 46.9 Å². The summed E-state index contributed by atoms with van der Waals surface area (Å²) in [5.41, 5.74) is 2.82. The summed E-state index contributed by atoms with van der Waals surface area (Å²) in [4.78, 5) is 30.0. The van der Waals surface area contributed by atoms with E-state index in [-0.39, 0.29) is 12.6 Å². The zero-order valence-corrected chi connectivity index (χ0v) is 21.4. The van der Waals surface area contributed by atoms with E-state index in [9.17, 15) is 18.6 Å². The number of hydrogen-bond donors (Lipinski definition) is 2. The topological polar surface area (TPSA) is 116 Å². The Morgan fingerprint density at radius 3 is 2.68 bits per heavy atom. The first-order chi connectivity index (χ1) is 17.4. The van der Waals surface area contributed by atoms with Gasteiger partial charge in [-0.15, -0.1) is 0 Å². The quantitative estimate of drug-likeness (QED) is 0.167. The van der Waals surface area contributed by atoms with Gasteiger partial charge in [-0.2, -0.15) is 4.39 Å². The van der Waals surface area contributed by atoms with Gasteiger partial charge < -0.3 is 14.8 Å². The van der Waals surface area contributed by atoms with Gasteiger partial charge in [-0.1, -0.05) is 18.7 Å². The maximum atomic E-state index is 14.0. The summed E-state index contributed by atoms with van der Waals surface area (Å²) in [5.74, 6) is -0.982. The molecule has 3 aromatic heterocycles. The summed E-state index contributed by atoms with van der Waals surface area (Å²) in [5, 5.41) is 3.37. The van der Waals surface area contributed by atoms with Crippen molar-refractivity contribution in [3.8, 4) is 22.3 Å². The number of anilines is 1. The fraction of sp³-hybridized carbons (Fsp3) is 0.192. The number of benzene rings is 1. The van der Waals surface area contributed by atoms with Crippen LogP contribution in [0.2, 0.25) is 0 Å². The number of hydrogen-bond acceptors (Lipinski definition) is 6. The monoisotopic (exact) mass is 524 g/mol. The average Bonchev–Trinajstić information content (AvgIpc) is 3.19. The molecular formula is C26H26FN4O5P. The summed E-state index contributed by atoms with van der Waals surface area (Å²) in [7, 11) is -4.37. The van der Waals surface area contributed by atoms with Gasteiger partial charge in [0.1, 0.15) is 12.4 Å². The van der Waals surface area contributed by atoms with Crippen LogP contribution in [-0.2, 0) is 25.1 Å². The molecule has 4 aromatic rings. The number of pyridine rings is 2. The third-order valence-electron chi connectivity index (χ3n) is 5.15. The zero-order chi connectivity index (χ0) is 26.8. The molecule has 0 saturated carbocycles. The molecule has 0 aliphatic heterocycles. The van der Waals surface area contributed by atoms with E-state index in [2.05, 4.69) is 21.9 Å². The van der Waals surface area contributed by atoms with Crippen LogP contribution in [0.1, 0.15) is 20.8 Å². The number of aromatic nitrogens is 3. The van der Waals surface area contributed by atoms with E-state index < -0.39 is 19.4 Å². The number of carbonyl (C=O) groups is 1. The lowest BCUT2D eigenvalue weighted by Crippen LogP contribution is -2.18. The third kappa shape index (κ3) is 6.55. The van der Waals surface area contributed by atoms with Crippen molar-refractivity contribution in [1.29, 1.82) is 0 Å². The molecule has 4 rings (SSSR count). The number of rotatable bonds is 8. The van der Waals surface area contributed by atoms with Crippen molar-refractivity contribution in [1.82, 2.24) is 14.5 Å². The Labute approximate surface area is 213 Å². The summed E-state index contributed by atoms with van der Waals surface area (Å²) < 4.78 is 38.3. The van der Waals surface area contributed by atoms with Crippen molar-refractivity contribution < 1.29 is 27.7 Å². The smallest absolute Gasteiger partial charge is 0.323 e. The van der Waals surface area contributed by atoms with Crippen molar-refractivity contribution in [3.05, 3.63) is 79.7 Å². The standard InChI is InChI=1S/C26H26FN4O5P/c1-5-24(32)30-20-8-6-7-17(11-20)19-12-21-22(18-9-10-28-23(27)13-18)15-31(25(21)29-14-19)16-35-37(33,34)36-26(2,3)4/h5-15H,1,16H2,2-4H3,(H,30,32)(H,33,34). The number of fused-ring (bicyclic) bond motifs is 1. The Morgan fingerprint density at radius 2 is 1.97 bits per heavy atom. The van der Waals surface area contributed by atoms with E-state index in [0.29, 0.717) is 27.8 Å². The molecule has 11 heteroatoms. The summed E-state index contributed by atoms with van der Waals surface area (Å²) in [6, 6.07) is 12.0. The Hall–Kier alpha value is -3.69. The van der Waals surface area contributed by atoms with Gasteiger partial charge in [0.05, 0.1) is 5.60 Å². The molecule has 37 heavy (non-hydrogen) atoms. The molecule has 1 aromatic carbocycles. The largest absolute Gasteiger partial charge is 0.474 e. The van der Waals surface area contributed by atoms with Crippen LogP contribution in [0, 0.1) is 5.95 Å². The maximum absolute atomic E-state index is 14.0. The minimum atomic E-state index is -4.37. The van der Waals surface area contributed by atoms with E-state index in [0.717, 1.165) is 11.1 Å². The van der Waals surface area contributed by atoms with E-state index in [1.807, 2.05) is 12.1 Å². The van der Waals surface area contributed by atoms with E-state index in [1.54, 1.807) is 62.0 Å². The second-order valence-corrected chi connectivity index (χ2v) is 10.6.